The Bertz CT molecular complexity index is 773. The quantitative estimate of drug-likeness (QED) is 0.804. The summed E-state index contributed by atoms with van der Waals surface area (Å²) < 4.78 is 34.7. The van der Waals surface area contributed by atoms with Gasteiger partial charge < -0.3 is 4.42 Å². The van der Waals surface area contributed by atoms with Gasteiger partial charge in [0.1, 0.15) is 11.5 Å². The molecule has 0 amide bonds. The highest BCUT2D eigenvalue weighted by molar-refractivity contribution is 7.86. The summed E-state index contributed by atoms with van der Waals surface area (Å²) in [6, 6.07) is 7.27. The summed E-state index contributed by atoms with van der Waals surface area (Å²) in [6.45, 7) is 2.87. The van der Waals surface area contributed by atoms with Crippen molar-refractivity contribution in [1.82, 2.24) is 13.6 Å². The van der Waals surface area contributed by atoms with Crippen LogP contribution in [0.1, 0.15) is 42.9 Å². The van der Waals surface area contributed by atoms with Crippen LogP contribution >= 0.6 is 0 Å². The first-order valence-corrected chi connectivity index (χ1v) is 9.62. The Kier molecular flexibility index (Phi) is 5.03. The van der Waals surface area contributed by atoms with Gasteiger partial charge in [-0.25, -0.2) is 0 Å². The molecule has 130 valence electrons. The van der Waals surface area contributed by atoms with Gasteiger partial charge in [0.05, 0.1) is 6.04 Å². The zero-order chi connectivity index (χ0) is 17.2. The predicted molar refractivity (Wildman–Crippen MR) is 91.4 cm³/mol. The highest BCUT2D eigenvalue weighted by Crippen LogP contribution is 2.36. The van der Waals surface area contributed by atoms with Crippen molar-refractivity contribution in [2.45, 2.75) is 38.8 Å². The van der Waals surface area contributed by atoms with Gasteiger partial charge >= 0.3 is 0 Å². The third kappa shape index (κ3) is 3.38. The van der Waals surface area contributed by atoms with Crippen molar-refractivity contribution < 1.29 is 12.8 Å². The molecular formula is C17H23N3O3S. The van der Waals surface area contributed by atoms with E-state index in [0.29, 0.717) is 13.1 Å². The van der Waals surface area contributed by atoms with Crippen LogP contribution in [0.2, 0.25) is 0 Å². The highest BCUT2D eigenvalue weighted by Gasteiger charge is 2.39. The van der Waals surface area contributed by atoms with E-state index in [1.54, 1.807) is 23.7 Å². The van der Waals surface area contributed by atoms with Gasteiger partial charge in [-0.15, -0.1) is 0 Å². The molecule has 2 aromatic heterocycles. The maximum absolute atomic E-state index is 13.0. The lowest BCUT2D eigenvalue weighted by Crippen LogP contribution is -2.41. The molecule has 0 radical (unpaired) electrons. The Labute approximate surface area is 143 Å². The molecular weight excluding hydrogens is 326 g/mol. The number of pyridine rings is 1. The van der Waals surface area contributed by atoms with E-state index in [0.717, 1.165) is 36.3 Å². The van der Waals surface area contributed by atoms with Crippen LogP contribution in [0.3, 0.4) is 0 Å². The molecule has 24 heavy (non-hydrogen) atoms. The Balaban J connectivity index is 1.79. The number of hydrogen-bond donors (Lipinski definition) is 0. The highest BCUT2D eigenvalue weighted by atomic mass is 32.2. The number of aromatic nitrogens is 1. The number of aryl methyl sites for hydroxylation is 1. The van der Waals surface area contributed by atoms with Crippen LogP contribution in [0, 0.1) is 0 Å². The van der Waals surface area contributed by atoms with Crippen LogP contribution in [-0.2, 0) is 23.2 Å². The molecule has 1 atom stereocenters. The van der Waals surface area contributed by atoms with E-state index in [-0.39, 0.29) is 6.04 Å². The van der Waals surface area contributed by atoms with E-state index in [2.05, 4.69) is 4.98 Å². The minimum absolute atomic E-state index is 0.213. The molecule has 1 aliphatic heterocycles. The summed E-state index contributed by atoms with van der Waals surface area (Å²) in [5.41, 5.74) is 0.915. The first kappa shape index (κ1) is 17.1. The number of rotatable bonds is 6. The summed E-state index contributed by atoms with van der Waals surface area (Å²) in [5, 5.41) is 0. The van der Waals surface area contributed by atoms with E-state index in [1.165, 1.54) is 4.31 Å². The van der Waals surface area contributed by atoms with Gasteiger partial charge in [-0.2, -0.15) is 17.0 Å². The Hall–Kier alpha value is -1.70. The number of furan rings is 1. The summed E-state index contributed by atoms with van der Waals surface area (Å²) in [7, 11) is -1.93. The summed E-state index contributed by atoms with van der Waals surface area (Å²) in [4.78, 5) is 3.96. The van der Waals surface area contributed by atoms with Crippen molar-refractivity contribution in [1.29, 1.82) is 0 Å². The fourth-order valence-corrected chi connectivity index (χ4v) is 4.63. The van der Waals surface area contributed by atoms with Crippen molar-refractivity contribution in [3.05, 3.63) is 53.7 Å². The molecule has 1 aliphatic rings. The molecule has 0 bridgehead atoms. The lowest BCUT2D eigenvalue weighted by Gasteiger charge is -2.28. The van der Waals surface area contributed by atoms with E-state index < -0.39 is 10.2 Å². The molecule has 3 heterocycles. The monoisotopic (exact) mass is 349 g/mol. The smallest absolute Gasteiger partial charge is 0.282 e. The fourth-order valence-electron chi connectivity index (χ4n) is 3.07. The molecule has 3 rings (SSSR count). The molecule has 0 saturated carbocycles. The third-order valence-electron chi connectivity index (χ3n) is 4.41. The maximum Gasteiger partial charge on any atom is 0.282 e. The molecule has 0 spiro atoms. The molecule has 1 unspecified atom stereocenters. The lowest BCUT2D eigenvalue weighted by atomic mass is 10.2. The van der Waals surface area contributed by atoms with Gasteiger partial charge in [0.15, 0.2) is 0 Å². The largest absolute Gasteiger partial charge is 0.464 e. The fraction of sp³-hybridized carbons (Fsp3) is 0.471. The van der Waals surface area contributed by atoms with Gasteiger partial charge in [-0.1, -0.05) is 6.92 Å². The van der Waals surface area contributed by atoms with Gasteiger partial charge in [0, 0.05) is 39.0 Å². The van der Waals surface area contributed by atoms with Crippen molar-refractivity contribution in [3.63, 3.8) is 0 Å². The second kappa shape index (κ2) is 7.04. The Morgan fingerprint density at radius 1 is 1.29 bits per heavy atom. The average Bonchev–Trinajstić information content (AvgIpc) is 3.24. The Morgan fingerprint density at radius 2 is 2.04 bits per heavy atom. The van der Waals surface area contributed by atoms with E-state index in [4.69, 9.17) is 4.42 Å². The van der Waals surface area contributed by atoms with Crippen LogP contribution in [0.4, 0.5) is 0 Å². The first-order valence-electron chi connectivity index (χ1n) is 8.23. The minimum atomic E-state index is -3.55. The van der Waals surface area contributed by atoms with Crippen molar-refractivity contribution in [3.8, 4) is 0 Å². The zero-order valence-corrected chi connectivity index (χ0v) is 14.9. The number of nitrogens with zero attached hydrogens (tertiary/aromatic N) is 3. The Morgan fingerprint density at radius 3 is 2.71 bits per heavy atom. The minimum Gasteiger partial charge on any atom is -0.464 e. The molecule has 0 N–H and O–H groups in total. The molecule has 0 aromatic carbocycles. The van der Waals surface area contributed by atoms with Crippen LogP contribution < -0.4 is 0 Å². The van der Waals surface area contributed by atoms with Crippen LogP contribution in [0.25, 0.3) is 0 Å². The molecule has 7 heteroatoms. The van der Waals surface area contributed by atoms with E-state index in [9.17, 15) is 8.42 Å². The second-order valence-corrected chi connectivity index (χ2v) is 8.03. The summed E-state index contributed by atoms with van der Waals surface area (Å²) in [6.07, 6.45) is 5.78. The number of hydrogen-bond acceptors (Lipinski definition) is 4. The van der Waals surface area contributed by atoms with Crippen LogP contribution in [-0.4, -0.2) is 35.6 Å². The van der Waals surface area contributed by atoms with Gasteiger partial charge in [-0.05, 0) is 42.7 Å². The summed E-state index contributed by atoms with van der Waals surface area (Å²) >= 11 is 0. The topological polar surface area (TPSA) is 66.7 Å². The van der Waals surface area contributed by atoms with Gasteiger partial charge in [0.25, 0.3) is 10.2 Å². The van der Waals surface area contributed by atoms with Crippen LogP contribution in [0.5, 0.6) is 0 Å². The average molecular weight is 349 g/mol. The van der Waals surface area contributed by atoms with Crippen molar-refractivity contribution >= 4 is 10.2 Å². The standard InChI is InChI=1S/C17H23N3O3S/c1-3-15-6-7-17(23-15)16-5-4-12-20(16)24(21,22)19(2)13-14-8-10-18-11-9-14/h6-11,16H,3-5,12-13H2,1-2H3. The van der Waals surface area contributed by atoms with E-state index >= 15 is 0 Å². The normalized spacial score (nSPS) is 19.2. The SMILES string of the molecule is CCc1ccc(C2CCCN2S(=O)(=O)N(C)Cc2ccncc2)o1. The lowest BCUT2D eigenvalue weighted by molar-refractivity contribution is 0.306. The first-order chi connectivity index (χ1) is 11.5. The van der Waals surface area contributed by atoms with Crippen LogP contribution in [0.15, 0.2) is 41.1 Å². The van der Waals surface area contributed by atoms with E-state index in [1.807, 2.05) is 31.2 Å². The second-order valence-electron chi connectivity index (χ2n) is 6.05. The molecule has 1 saturated heterocycles. The van der Waals surface area contributed by atoms with Gasteiger partial charge in [0.2, 0.25) is 0 Å². The molecule has 0 aliphatic carbocycles. The zero-order valence-electron chi connectivity index (χ0n) is 14.1. The molecule has 1 fully saturated rings. The third-order valence-corrected chi connectivity index (χ3v) is 6.35. The van der Waals surface area contributed by atoms with Gasteiger partial charge in [-0.3, -0.25) is 4.98 Å². The van der Waals surface area contributed by atoms with Crippen molar-refractivity contribution in [2.24, 2.45) is 0 Å². The van der Waals surface area contributed by atoms with Crippen molar-refractivity contribution in [2.75, 3.05) is 13.6 Å². The molecule has 2 aromatic rings. The summed E-state index contributed by atoms with van der Waals surface area (Å²) in [5.74, 6) is 1.63. The maximum atomic E-state index is 13.0. The molecule has 6 nitrogen and oxygen atoms in total. The predicted octanol–water partition coefficient (Wildman–Crippen LogP) is 2.75.